The molecular formula is C15H19N3. The van der Waals surface area contributed by atoms with Crippen molar-refractivity contribution >= 4 is 5.69 Å². The predicted molar refractivity (Wildman–Crippen MR) is 74.6 cm³/mol. The second kappa shape index (κ2) is 5.63. The van der Waals surface area contributed by atoms with Crippen LogP contribution < -0.4 is 5.32 Å². The van der Waals surface area contributed by atoms with E-state index in [2.05, 4.69) is 53.4 Å². The summed E-state index contributed by atoms with van der Waals surface area (Å²) in [6, 6.07) is 8.65. The molecule has 94 valence electrons. The van der Waals surface area contributed by atoms with Gasteiger partial charge in [0.15, 0.2) is 0 Å². The molecule has 18 heavy (non-hydrogen) atoms. The molecule has 0 fully saturated rings. The Balaban J connectivity index is 2.16. The normalized spacial score (nSPS) is 12.2. The van der Waals surface area contributed by atoms with Crippen LogP contribution in [-0.4, -0.2) is 9.97 Å². The molecule has 0 aliphatic rings. The van der Waals surface area contributed by atoms with Crippen LogP contribution in [0, 0.1) is 6.92 Å². The Morgan fingerprint density at radius 1 is 1.22 bits per heavy atom. The fraction of sp³-hybridized carbons (Fsp3) is 0.333. The van der Waals surface area contributed by atoms with E-state index in [9.17, 15) is 0 Å². The van der Waals surface area contributed by atoms with Crippen molar-refractivity contribution in [3.8, 4) is 0 Å². The molecule has 2 rings (SSSR count). The molecule has 3 heteroatoms. The molecule has 0 radical (unpaired) electrons. The van der Waals surface area contributed by atoms with E-state index in [1.807, 2.05) is 6.92 Å². The van der Waals surface area contributed by atoms with Crippen LogP contribution in [0.3, 0.4) is 0 Å². The highest BCUT2D eigenvalue weighted by atomic mass is 15.0. The molecule has 1 atom stereocenters. The molecule has 0 aliphatic heterocycles. The maximum absolute atomic E-state index is 4.39. The van der Waals surface area contributed by atoms with Crippen LogP contribution in [0.2, 0.25) is 0 Å². The fourth-order valence-corrected chi connectivity index (χ4v) is 2.04. The number of nitrogens with zero attached hydrogens (tertiary/aromatic N) is 2. The third kappa shape index (κ3) is 2.86. The first kappa shape index (κ1) is 12.6. The number of benzene rings is 1. The van der Waals surface area contributed by atoms with Gasteiger partial charge in [0.25, 0.3) is 0 Å². The summed E-state index contributed by atoms with van der Waals surface area (Å²) in [4.78, 5) is 8.66. The smallest absolute Gasteiger partial charge is 0.0835 e. The van der Waals surface area contributed by atoms with Crippen molar-refractivity contribution in [1.29, 1.82) is 0 Å². The lowest BCUT2D eigenvalue weighted by Crippen LogP contribution is -2.11. The van der Waals surface area contributed by atoms with Gasteiger partial charge in [0, 0.05) is 18.1 Å². The molecule has 1 aromatic carbocycles. The molecule has 0 saturated carbocycles. The summed E-state index contributed by atoms with van der Waals surface area (Å²) >= 11 is 0. The standard InChI is InChI=1S/C15H19N3/c1-4-13-6-5-7-14(10-13)18-12(3)15-11(2)16-8-9-17-15/h5-10,12,18H,4H2,1-3H3. The van der Waals surface area contributed by atoms with Crippen LogP contribution in [0.15, 0.2) is 36.7 Å². The Morgan fingerprint density at radius 3 is 2.72 bits per heavy atom. The summed E-state index contributed by atoms with van der Waals surface area (Å²) in [5.41, 5.74) is 4.44. The Hall–Kier alpha value is -1.90. The number of hydrogen-bond donors (Lipinski definition) is 1. The summed E-state index contributed by atoms with van der Waals surface area (Å²) in [7, 11) is 0. The van der Waals surface area contributed by atoms with E-state index in [1.165, 1.54) is 5.56 Å². The lowest BCUT2D eigenvalue weighted by atomic mass is 10.1. The van der Waals surface area contributed by atoms with Crippen LogP contribution in [0.5, 0.6) is 0 Å². The third-order valence-electron chi connectivity index (χ3n) is 3.05. The number of nitrogens with one attached hydrogen (secondary N) is 1. The van der Waals surface area contributed by atoms with Crippen molar-refractivity contribution in [2.24, 2.45) is 0 Å². The van der Waals surface area contributed by atoms with Crippen LogP contribution in [0.1, 0.15) is 36.8 Å². The first-order chi connectivity index (χ1) is 8.70. The van der Waals surface area contributed by atoms with E-state index in [-0.39, 0.29) is 6.04 Å². The summed E-state index contributed by atoms with van der Waals surface area (Å²) in [5, 5.41) is 3.47. The van der Waals surface area contributed by atoms with Crippen molar-refractivity contribution in [2.75, 3.05) is 5.32 Å². The van der Waals surface area contributed by atoms with Gasteiger partial charge >= 0.3 is 0 Å². The zero-order valence-corrected chi connectivity index (χ0v) is 11.1. The number of hydrogen-bond acceptors (Lipinski definition) is 3. The van der Waals surface area contributed by atoms with Crippen molar-refractivity contribution in [1.82, 2.24) is 9.97 Å². The minimum Gasteiger partial charge on any atom is -0.377 e. The second-order valence-corrected chi connectivity index (χ2v) is 4.45. The van der Waals surface area contributed by atoms with Gasteiger partial charge in [-0.25, -0.2) is 0 Å². The Labute approximate surface area is 108 Å². The largest absolute Gasteiger partial charge is 0.377 e. The van der Waals surface area contributed by atoms with Gasteiger partial charge in [-0.15, -0.1) is 0 Å². The van der Waals surface area contributed by atoms with Gasteiger partial charge in [0.2, 0.25) is 0 Å². The molecular weight excluding hydrogens is 222 g/mol. The average Bonchev–Trinajstić information content (AvgIpc) is 2.39. The zero-order valence-electron chi connectivity index (χ0n) is 11.1. The Morgan fingerprint density at radius 2 is 2.00 bits per heavy atom. The van der Waals surface area contributed by atoms with Gasteiger partial charge in [-0.1, -0.05) is 19.1 Å². The Kier molecular flexibility index (Phi) is 3.92. The molecule has 0 aliphatic carbocycles. The lowest BCUT2D eigenvalue weighted by molar-refractivity contribution is 0.809. The molecule has 0 bridgehead atoms. The summed E-state index contributed by atoms with van der Waals surface area (Å²) in [6.45, 7) is 6.26. The average molecular weight is 241 g/mol. The zero-order chi connectivity index (χ0) is 13.0. The van der Waals surface area contributed by atoms with Crippen molar-refractivity contribution < 1.29 is 0 Å². The minimum absolute atomic E-state index is 0.158. The molecule has 0 spiro atoms. The van der Waals surface area contributed by atoms with Gasteiger partial charge in [-0.3, -0.25) is 9.97 Å². The molecule has 1 N–H and O–H groups in total. The molecule has 2 aromatic rings. The fourth-order valence-electron chi connectivity index (χ4n) is 2.04. The van der Waals surface area contributed by atoms with Crippen LogP contribution in [0.4, 0.5) is 5.69 Å². The van der Waals surface area contributed by atoms with E-state index in [0.717, 1.165) is 23.5 Å². The molecule has 3 nitrogen and oxygen atoms in total. The van der Waals surface area contributed by atoms with Crippen LogP contribution in [-0.2, 0) is 6.42 Å². The van der Waals surface area contributed by atoms with Gasteiger partial charge < -0.3 is 5.32 Å². The topological polar surface area (TPSA) is 37.8 Å². The molecule has 1 heterocycles. The molecule has 0 amide bonds. The Bertz CT molecular complexity index is 523. The monoisotopic (exact) mass is 241 g/mol. The highest BCUT2D eigenvalue weighted by molar-refractivity contribution is 5.47. The van der Waals surface area contributed by atoms with E-state index in [1.54, 1.807) is 12.4 Å². The van der Waals surface area contributed by atoms with Crippen LogP contribution in [0.25, 0.3) is 0 Å². The van der Waals surface area contributed by atoms with E-state index in [4.69, 9.17) is 0 Å². The van der Waals surface area contributed by atoms with Crippen molar-refractivity contribution in [3.63, 3.8) is 0 Å². The van der Waals surface area contributed by atoms with Gasteiger partial charge in [-0.2, -0.15) is 0 Å². The predicted octanol–water partition coefficient (Wildman–Crippen LogP) is 3.52. The maximum Gasteiger partial charge on any atom is 0.0835 e. The third-order valence-corrected chi connectivity index (χ3v) is 3.05. The van der Waals surface area contributed by atoms with Crippen molar-refractivity contribution in [3.05, 3.63) is 53.6 Å². The van der Waals surface area contributed by atoms with Crippen LogP contribution >= 0.6 is 0 Å². The van der Waals surface area contributed by atoms with E-state index in [0.29, 0.717) is 0 Å². The number of aryl methyl sites for hydroxylation is 2. The molecule has 1 unspecified atom stereocenters. The molecule has 1 aromatic heterocycles. The van der Waals surface area contributed by atoms with Crippen molar-refractivity contribution in [2.45, 2.75) is 33.2 Å². The molecule has 0 saturated heterocycles. The lowest BCUT2D eigenvalue weighted by Gasteiger charge is -2.16. The quantitative estimate of drug-likeness (QED) is 0.890. The van der Waals surface area contributed by atoms with E-state index >= 15 is 0 Å². The second-order valence-electron chi connectivity index (χ2n) is 4.45. The summed E-state index contributed by atoms with van der Waals surface area (Å²) in [5.74, 6) is 0. The number of aromatic nitrogens is 2. The van der Waals surface area contributed by atoms with Gasteiger partial charge in [0.05, 0.1) is 17.4 Å². The summed E-state index contributed by atoms with van der Waals surface area (Å²) in [6.07, 6.45) is 4.51. The first-order valence-corrected chi connectivity index (χ1v) is 6.33. The minimum atomic E-state index is 0.158. The maximum atomic E-state index is 4.39. The number of rotatable bonds is 4. The van der Waals surface area contributed by atoms with E-state index < -0.39 is 0 Å². The number of anilines is 1. The highest BCUT2D eigenvalue weighted by Gasteiger charge is 2.10. The first-order valence-electron chi connectivity index (χ1n) is 6.33. The van der Waals surface area contributed by atoms with Gasteiger partial charge in [-0.05, 0) is 38.0 Å². The summed E-state index contributed by atoms with van der Waals surface area (Å²) < 4.78 is 0. The SMILES string of the molecule is CCc1cccc(NC(C)c2nccnc2C)c1. The van der Waals surface area contributed by atoms with Gasteiger partial charge in [0.1, 0.15) is 0 Å². The highest BCUT2D eigenvalue weighted by Crippen LogP contribution is 2.20.